The molecule has 2 aromatic rings. The number of rotatable bonds is 3. The van der Waals surface area contributed by atoms with Gasteiger partial charge in [-0.05, 0) is 50.2 Å². The summed E-state index contributed by atoms with van der Waals surface area (Å²) in [5, 5.41) is 6.38. The Morgan fingerprint density at radius 3 is 2.45 bits per heavy atom. The van der Waals surface area contributed by atoms with E-state index in [1.54, 1.807) is 23.5 Å². The van der Waals surface area contributed by atoms with Crippen LogP contribution in [0.4, 0.5) is 13.2 Å². The van der Waals surface area contributed by atoms with Gasteiger partial charge in [-0.25, -0.2) is 4.98 Å². The molecule has 0 saturated carbocycles. The highest BCUT2D eigenvalue weighted by Gasteiger charge is 2.31. The van der Waals surface area contributed by atoms with Gasteiger partial charge in [-0.3, -0.25) is 0 Å². The molecule has 3 nitrogen and oxygen atoms in total. The normalized spacial score (nSPS) is 16.7. The Hall–Kier alpha value is -1.60. The van der Waals surface area contributed by atoms with Crippen molar-refractivity contribution in [2.75, 3.05) is 13.1 Å². The maximum Gasteiger partial charge on any atom is 0.573 e. The maximum absolute atomic E-state index is 12.1. The molecule has 0 unspecified atom stereocenters. The number of aromatic nitrogens is 1. The van der Waals surface area contributed by atoms with E-state index in [0.29, 0.717) is 5.92 Å². The summed E-state index contributed by atoms with van der Waals surface area (Å²) in [7, 11) is 0. The minimum atomic E-state index is -4.66. The highest BCUT2D eigenvalue weighted by atomic mass is 32.1. The highest BCUT2D eigenvalue weighted by Crippen LogP contribution is 2.32. The van der Waals surface area contributed by atoms with Crippen LogP contribution in [0.3, 0.4) is 0 Å². The number of hydrogen-bond acceptors (Lipinski definition) is 4. The Labute approximate surface area is 130 Å². The lowest BCUT2D eigenvalue weighted by Gasteiger charge is -2.20. The number of hydrogen-bond donors (Lipinski definition) is 1. The van der Waals surface area contributed by atoms with Crippen LogP contribution in [0, 0.1) is 0 Å². The molecular formula is C15H15F3N2OS. The standard InChI is InChI=1S/C15H15F3N2OS/c16-15(17,18)21-12-3-1-10(2-4-12)13-9-22-14(20-13)11-5-7-19-8-6-11/h1-4,9,11,19H,5-8H2. The van der Waals surface area contributed by atoms with Crippen molar-refractivity contribution < 1.29 is 17.9 Å². The van der Waals surface area contributed by atoms with Crippen LogP contribution in [0.25, 0.3) is 11.3 Å². The second kappa shape index (κ2) is 6.26. The Balaban J connectivity index is 1.73. The molecule has 1 aromatic carbocycles. The second-order valence-corrected chi connectivity index (χ2v) is 6.06. The van der Waals surface area contributed by atoms with Gasteiger partial charge in [0.25, 0.3) is 0 Å². The van der Waals surface area contributed by atoms with Crippen LogP contribution < -0.4 is 10.1 Å². The topological polar surface area (TPSA) is 34.1 Å². The van der Waals surface area contributed by atoms with E-state index in [2.05, 4.69) is 15.0 Å². The van der Waals surface area contributed by atoms with Crippen molar-refractivity contribution in [2.24, 2.45) is 0 Å². The largest absolute Gasteiger partial charge is 0.573 e. The predicted molar refractivity (Wildman–Crippen MR) is 79.1 cm³/mol. The van der Waals surface area contributed by atoms with Gasteiger partial charge in [-0.1, -0.05) is 0 Å². The Morgan fingerprint density at radius 1 is 1.14 bits per heavy atom. The van der Waals surface area contributed by atoms with E-state index in [4.69, 9.17) is 0 Å². The molecule has 0 aliphatic carbocycles. The lowest BCUT2D eigenvalue weighted by Crippen LogP contribution is -2.26. The number of benzene rings is 1. The number of alkyl halides is 3. The van der Waals surface area contributed by atoms with Gasteiger partial charge in [-0.15, -0.1) is 24.5 Å². The molecule has 1 aromatic heterocycles. The molecule has 1 saturated heterocycles. The maximum atomic E-state index is 12.1. The molecule has 0 amide bonds. The molecule has 1 N–H and O–H groups in total. The van der Waals surface area contributed by atoms with Gasteiger partial charge in [0.2, 0.25) is 0 Å². The van der Waals surface area contributed by atoms with Gasteiger partial charge in [0, 0.05) is 16.9 Å². The van der Waals surface area contributed by atoms with Crippen LogP contribution in [0.5, 0.6) is 5.75 Å². The molecule has 1 fully saturated rings. The summed E-state index contributed by atoms with van der Waals surface area (Å²) in [4.78, 5) is 4.64. The summed E-state index contributed by atoms with van der Waals surface area (Å²) >= 11 is 1.61. The van der Waals surface area contributed by atoms with Crippen LogP contribution in [0.1, 0.15) is 23.8 Å². The van der Waals surface area contributed by atoms with Crippen molar-refractivity contribution in [1.29, 1.82) is 0 Å². The number of nitrogens with zero attached hydrogens (tertiary/aromatic N) is 1. The summed E-state index contributed by atoms with van der Waals surface area (Å²) in [6.45, 7) is 2.01. The number of piperidine rings is 1. The van der Waals surface area contributed by atoms with Gasteiger partial charge < -0.3 is 10.1 Å². The van der Waals surface area contributed by atoms with Crippen LogP contribution in [-0.4, -0.2) is 24.4 Å². The zero-order chi connectivity index (χ0) is 15.6. The third-order valence-corrected chi connectivity index (χ3v) is 4.60. The molecule has 2 heterocycles. The first-order chi connectivity index (χ1) is 10.5. The van der Waals surface area contributed by atoms with E-state index in [0.717, 1.165) is 42.2 Å². The minimum Gasteiger partial charge on any atom is -0.406 e. The van der Waals surface area contributed by atoms with E-state index < -0.39 is 6.36 Å². The summed E-state index contributed by atoms with van der Waals surface area (Å²) in [6, 6.07) is 5.82. The van der Waals surface area contributed by atoms with Crippen molar-refractivity contribution in [1.82, 2.24) is 10.3 Å². The molecule has 7 heteroatoms. The van der Waals surface area contributed by atoms with E-state index in [1.165, 1.54) is 12.1 Å². The molecule has 1 aliphatic heterocycles. The SMILES string of the molecule is FC(F)(F)Oc1ccc(-c2csc(C3CCNCC3)n2)cc1. The summed E-state index contributed by atoms with van der Waals surface area (Å²) in [5.74, 6) is 0.262. The van der Waals surface area contributed by atoms with Crippen molar-refractivity contribution >= 4 is 11.3 Å². The van der Waals surface area contributed by atoms with Crippen molar-refractivity contribution in [3.8, 4) is 17.0 Å². The van der Waals surface area contributed by atoms with E-state index in [9.17, 15) is 13.2 Å². The first kappa shape index (κ1) is 15.3. The van der Waals surface area contributed by atoms with Crippen LogP contribution in [-0.2, 0) is 0 Å². The van der Waals surface area contributed by atoms with Gasteiger partial charge in [0.05, 0.1) is 10.7 Å². The van der Waals surface area contributed by atoms with Gasteiger partial charge in [0.1, 0.15) is 5.75 Å². The molecule has 22 heavy (non-hydrogen) atoms. The third-order valence-electron chi connectivity index (χ3n) is 3.59. The highest BCUT2D eigenvalue weighted by molar-refractivity contribution is 7.10. The van der Waals surface area contributed by atoms with Crippen molar-refractivity contribution in [2.45, 2.75) is 25.1 Å². The summed E-state index contributed by atoms with van der Waals surface area (Å²) in [6.07, 6.45) is -2.51. The smallest absolute Gasteiger partial charge is 0.406 e. The lowest BCUT2D eigenvalue weighted by molar-refractivity contribution is -0.274. The Kier molecular flexibility index (Phi) is 4.35. The number of ether oxygens (including phenoxy) is 1. The molecular weight excluding hydrogens is 313 g/mol. The average molecular weight is 328 g/mol. The number of nitrogens with one attached hydrogen (secondary N) is 1. The molecule has 3 rings (SSSR count). The first-order valence-electron chi connectivity index (χ1n) is 7.03. The monoisotopic (exact) mass is 328 g/mol. The summed E-state index contributed by atoms with van der Waals surface area (Å²) in [5.41, 5.74) is 1.60. The van der Waals surface area contributed by atoms with Crippen LogP contribution >= 0.6 is 11.3 Å². The van der Waals surface area contributed by atoms with E-state index in [1.807, 2.05) is 5.38 Å². The fraction of sp³-hybridized carbons (Fsp3) is 0.400. The lowest BCUT2D eigenvalue weighted by atomic mass is 9.99. The van der Waals surface area contributed by atoms with Crippen molar-refractivity contribution in [3.63, 3.8) is 0 Å². The number of thiazole rings is 1. The zero-order valence-electron chi connectivity index (χ0n) is 11.7. The Bertz CT molecular complexity index is 618. The fourth-order valence-corrected chi connectivity index (χ4v) is 3.50. The van der Waals surface area contributed by atoms with Crippen LogP contribution in [0.2, 0.25) is 0 Å². The number of halogens is 3. The van der Waals surface area contributed by atoms with Crippen molar-refractivity contribution in [3.05, 3.63) is 34.7 Å². The molecule has 1 aliphatic rings. The third kappa shape index (κ3) is 3.78. The fourth-order valence-electron chi connectivity index (χ4n) is 2.50. The van der Waals surface area contributed by atoms with Gasteiger partial charge >= 0.3 is 6.36 Å². The van der Waals surface area contributed by atoms with E-state index in [-0.39, 0.29) is 5.75 Å². The first-order valence-corrected chi connectivity index (χ1v) is 7.91. The molecule has 0 atom stereocenters. The second-order valence-electron chi connectivity index (χ2n) is 5.17. The molecule has 0 bridgehead atoms. The van der Waals surface area contributed by atoms with Crippen LogP contribution in [0.15, 0.2) is 29.6 Å². The summed E-state index contributed by atoms with van der Waals surface area (Å²) < 4.78 is 40.3. The minimum absolute atomic E-state index is 0.218. The van der Waals surface area contributed by atoms with Gasteiger partial charge in [-0.2, -0.15) is 0 Å². The quantitative estimate of drug-likeness (QED) is 0.918. The van der Waals surface area contributed by atoms with Gasteiger partial charge in [0.15, 0.2) is 0 Å². The molecule has 0 spiro atoms. The average Bonchev–Trinajstić information content (AvgIpc) is 2.97. The van der Waals surface area contributed by atoms with E-state index >= 15 is 0 Å². The Morgan fingerprint density at radius 2 is 1.82 bits per heavy atom. The predicted octanol–water partition coefficient (Wildman–Crippen LogP) is 4.18. The molecule has 0 radical (unpaired) electrons. The molecule has 118 valence electrons. The zero-order valence-corrected chi connectivity index (χ0v) is 12.5.